The van der Waals surface area contributed by atoms with Gasteiger partial charge in [-0.25, -0.2) is 0 Å². The van der Waals surface area contributed by atoms with E-state index in [1.165, 1.54) is 51.4 Å². The Labute approximate surface area is 112 Å². The van der Waals surface area contributed by atoms with Crippen molar-refractivity contribution in [3.8, 4) is 0 Å². The largest absolute Gasteiger partial charge is 0.323 e. The number of pyridine rings is 1. The third kappa shape index (κ3) is 6.75. The fourth-order valence-corrected chi connectivity index (χ4v) is 2.24. The Morgan fingerprint density at radius 3 is 2.28 bits per heavy atom. The van der Waals surface area contributed by atoms with Gasteiger partial charge >= 0.3 is 0 Å². The molecule has 1 aromatic rings. The first kappa shape index (κ1) is 15.2. The molecule has 102 valence electrons. The van der Waals surface area contributed by atoms with Crippen LogP contribution in [0.3, 0.4) is 0 Å². The average molecular weight is 248 g/mol. The summed E-state index contributed by atoms with van der Waals surface area (Å²) >= 11 is 0. The zero-order chi connectivity index (χ0) is 13.1. The van der Waals surface area contributed by atoms with E-state index in [-0.39, 0.29) is 6.04 Å². The number of hydrogen-bond donors (Lipinski definition) is 1. The van der Waals surface area contributed by atoms with Gasteiger partial charge in [-0.05, 0) is 18.6 Å². The van der Waals surface area contributed by atoms with Crippen molar-refractivity contribution < 1.29 is 0 Å². The van der Waals surface area contributed by atoms with Crippen molar-refractivity contribution in [3.05, 3.63) is 30.1 Å². The molecule has 0 amide bonds. The first-order valence-corrected chi connectivity index (χ1v) is 7.51. The predicted octanol–water partition coefficient (Wildman–Crippen LogP) is 4.61. The van der Waals surface area contributed by atoms with Crippen LogP contribution in [0.1, 0.15) is 76.4 Å². The van der Waals surface area contributed by atoms with Crippen molar-refractivity contribution in [2.75, 3.05) is 0 Å². The van der Waals surface area contributed by atoms with E-state index in [2.05, 4.69) is 11.9 Å². The molecule has 0 radical (unpaired) electrons. The molecule has 1 unspecified atom stereocenters. The maximum atomic E-state index is 6.11. The minimum atomic E-state index is 0.117. The fraction of sp³-hybridized carbons (Fsp3) is 0.688. The molecule has 0 aliphatic carbocycles. The van der Waals surface area contributed by atoms with E-state index in [4.69, 9.17) is 5.73 Å². The molecule has 0 aliphatic heterocycles. The predicted molar refractivity (Wildman–Crippen MR) is 78.4 cm³/mol. The average Bonchev–Trinajstić information content (AvgIpc) is 2.42. The summed E-state index contributed by atoms with van der Waals surface area (Å²) in [6.07, 6.45) is 13.7. The van der Waals surface area contributed by atoms with Crippen LogP contribution in [-0.4, -0.2) is 4.98 Å². The molecule has 0 fully saturated rings. The lowest BCUT2D eigenvalue weighted by Gasteiger charge is -2.10. The molecule has 2 nitrogen and oxygen atoms in total. The molecular formula is C16H28N2. The van der Waals surface area contributed by atoms with Crippen LogP contribution in [-0.2, 0) is 0 Å². The third-order valence-electron chi connectivity index (χ3n) is 3.44. The first-order valence-electron chi connectivity index (χ1n) is 7.51. The normalized spacial score (nSPS) is 12.6. The highest BCUT2D eigenvalue weighted by atomic mass is 14.8. The second kappa shape index (κ2) is 10.1. The van der Waals surface area contributed by atoms with E-state index in [1.54, 1.807) is 0 Å². The zero-order valence-corrected chi connectivity index (χ0v) is 11.8. The topological polar surface area (TPSA) is 38.9 Å². The minimum Gasteiger partial charge on any atom is -0.323 e. The van der Waals surface area contributed by atoms with Crippen LogP contribution in [0.25, 0.3) is 0 Å². The summed E-state index contributed by atoms with van der Waals surface area (Å²) in [5.74, 6) is 0. The van der Waals surface area contributed by atoms with Gasteiger partial charge in [-0.15, -0.1) is 0 Å². The van der Waals surface area contributed by atoms with Crippen molar-refractivity contribution in [3.63, 3.8) is 0 Å². The van der Waals surface area contributed by atoms with Gasteiger partial charge in [0.15, 0.2) is 0 Å². The highest BCUT2D eigenvalue weighted by Gasteiger charge is 2.05. The SMILES string of the molecule is CCCCCCCCCCC(N)c1ccccn1. The smallest absolute Gasteiger partial charge is 0.0570 e. The van der Waals surface area contributed by atoms with Gasteiger partial charge in [0.25, 0.3) is 0 Å². The van der Waals surface area contributed by atoms with Crippen LogP contribution in [0.15, 0.2) is 24.4 Å². The number of hydrogen-bond acceptors (Lipinski definition) is 2. The summed E-state index contributed by atoms with van der Waals surface area (Å²) in [4.78, 5) is 4.30. The van der Waals surface area contributed by atoms with Crippen molar-refractivity contribution in [2.45, 2.75) is 70.8 Å². The Balaban J connectivity index is 1.98. The maximum absolute atomic E-state index is 6.11. The Hall–Kier alpha value is -0.890. The van der Waals surface area contributed by atoms with Gasteiger partial charge in [0.1, 0.15) is 0 Å². The highest BCUT2D eigenvalue weighted by molar-refractivity contribution is 5.07. The quantitative estimate of drug-likeness (QED) is 0.614. The van der Waals surface area contributed by atoms with E-state index in [9.17, 15) is 0 Å². The van der Waals surface area contributed by atoms with Crippen LogP contribution in [0.4, 0.5) is 0 Å². The standard InChI is InChI=1S/C16H28N2/c1-2-3-4-5-6-7-8-9-12-15(17)16-13-10-11-14-18-16/h10-11,13-15H,2-9,12,17H2,1H3. The molecule has 18 heavy (non-hydrogen) atoms. The van der Waals surface area contributed by atoms with Gasteiger partial charge in [-0.2, -0.15) is 0 Å². The van der Waals surface area contributed by atoms with Gasteiger partial charge < -0.3 is 5.73 Å². The number of nitrogens with two attached hydrogens (primary N) is 1. The summed E-state index contributed by atoms with van der Waals surface area (Å²) in [7, 11) is 0. The van der Waals surface area contributed by atoms with Crippen LogP contribution in [0.5, 0.6) is 0 Å². The summed E-state index contributed by atoms with van der Waals surface area (Å²) in [5, 5.41) is 0. The molecule has 0 saturated carbocycles. The van der Waals surface area contributed by atoms with Crippen LogP contribution in [0, 0.1) is 0 Å². The summed E-state index contributed by atoms with van der Waals surface area (Å²) in [5.41, 5.74) is 7.14. The van der Waals surface area contributed by atoms with Crippen molar-refractivity contribution in [2.24, 2.45) is 5.73 Å². The Morgan fingerprint density at radius 2 is 1.67 bits per heavy atom. The number of rotatable bonds is 10. The number of aromatic nitrogens is 1. The monoisotopic (exact) mass is 248 g/mol. The molecule has 1 atom stereocenters. The molecular weight excluding hydrogens is 220 g/mol. The van der Waals surface area contributed by atoms with E-state index < -0.39 is 0 Å². The number of nitrogens with zero attached hydrogens (tertiary/aromatic N) is 1. The Kier molecular flexibility index (Phi) is 8.49. The third-order valence-corrected chi connectivity index (χ3v) is 3.44. The molecule has 0 saturated heterocycles. The second-order valence-electron chi connectivity index (χ2n) is 5.12. The van der Waals surface area contributed by atoms with E-state index in [0.29, 0.717) is 0 Å². The van der Waals surface area contributed by atoms with Gasteiger partial charge in [-0.3, -0.25) is 4.98 Å². The van der Waals surface area contributed by atoms with Crippen molar-refractivity contribution in [1.82, 2.24) is 4.98 Å². The summed E-state index contributed by atoms with van der Waals surface area (Å²) in [6, 6.07) is 6.09. The lowest BCUT2D eigenvalue weighted by molar-refractivity contribution is 0.531. The highest BCUT2D eigenvalue weighted by Crippen LogP contribution is 2.16. The fourth-order valence-electron chi connectivity index (χ4n) is 2.24. The number of unbranched alkanes of at least 4 members (excludes halogenated alkanes) is 7. The molecule has 0 aromatic carbocycles. The van der Waals surface area contributed by atoms with Gasteiger partial charge in [-0.1, -0.05) is 64.4 Å². The summed E-state index contributed by atoms with van der Waals surface area (Å²) in [6.45, 7) is 2.26. The maximum Gasteiger partial charge on any atom is 0.0570 e. The Bertz CT molecular complexity index is 284. The molecule has 1 aromatic heterocycles. The zero-order valence-electron chi connectivity index (χ0n) is 11.8. The van der Waals surface area contributed by atoms with Crippen LogP contribution >= 0.6 is 0 Å². The molecule has 0 bridgehead atoms. The molecule has 1 heterocycles. The van der Waals surface area contributed by atoms with Crippen molar-refractivity contribution in [1.29, 1.82) is 0 Å². The van der Waals surface area contributed by atoms with Gasteiger partial charge in [0, 0.05) is 12.2 Å². The van der Waals surface area contributed by atoms with Gasteiger partial charge in [0.2, 0.25) is 0 Å². The lowest BCUT2D eigenvalue weighted by atomic mass is 10.0. The van der Waals surface area contributed by atoms with E-state index in [1.807, 2.05) is 24.4 Å². The first-order chi connectivity index (χ1) is 8.84. The van der Waals surface area contributed by atoms with Crippen LogP contribution in [0.2, 0.25) is 0 Å². The van der Waals surface area contributed by atoms with Gasteiger partial charge in [0.05, 0.1) is 5.69 Å². The summed E-state index contributed by atoms with van der Waals surface area (Å²) < 4.78 is 0. The molecule has 0 aliphatic rings. The van der Waals surface area contributed by atoms with E-state index in [0.717, 1.165) is 12.1 Å². The molecule has 2 N–H and O–H groups in total. The second-order valence-corrected chi connectivity index (χ2v) is 5.12. The molecule has 1 rings (SSSR count). The van der Waals surface area contributed by atoms with E-state index >= 15 is 0 Å². The minimum absolute atomic E-state index is 0.117. The molecule has 0 spiro atoms. The van der Waals surface area contributed by atoms with Crippen molar-refractivity contribution >= 4 is 0 Å². The molecule has 2 heteroatoms. The Morgan fingerprint density at radius 1 is 1.00 bits per heavy atom. The van der Waals surface area contributed by atoms with Crippen LogP contribution < -0.4 is 5.73 Å². The lowest BCUT2D eigenvalue weighted by Crippen LogP contribution is -2.11.